The summed E-state index contributed by atoms with van der Waals surface area (Å²) in [5.41, 5.74) is 13.5. The van der Waals surface area contributed by atoms with Crippen molar-refractivity contribution in [3.8, 4) is 56.4 Å². The van der Waals surface area contributed by atoms with Gasteiger partial charge in [-0.2, -0.15) is 0 Å². The minimum Gasteiger partial charge on any atom is -0.399 e. The Labute approximate surface area is 226 Å². The molecule has 5 heteroatoms. The minimum absolute atomic E-state index is 0.581. The second-order valence-corrected chi connectivity index (χ2v) is 9.35. The second kappa shape index (κ2) is 10.3. The highest BCUT2D eigenvalue weighted by atomic mass is 35.5. The number of nitrogens with two attached hydrogens (primary N) is 1. The molecule has 0 aliphatic rings. The van der Waals surface area contributed by atoms with E-state index in [4.69, 9.17) is 32.3 Å². The van der Waals surface area contributed by atoms with Crippen LogP contribution in [0.3, 0.4) is 0 Å². The van der Waals surface area contributed by atoms with Gasteiger partial charge < -0.3 is 5.73 Å². The van der Waals surface area contributed by atoms with Gasteiger partial charge in [-0.1, -0.05) is 103 Å². The van der Waals surface area contributed by atoms with E-state index in [-0.39, 0.29) is 0 Å². The van der Waals surface area contributed by atoms with Crippen LogP contribution in [0.15, 0.2) is 127 Å². The highest BCUT2D eigenvalue weighted by Crippen LogP contribution is 2.33. The molecule has 0 saturated heterocycles. The van der Waals surface area contributed by atoms with Crippen molar-refractivity contribution < 1.29 is 0 Å². The minimum atomic E-state index is 0.581. The standard InChI is InChI=1S/C33H23ClN4/c34-30-18-17-27(21-29(30)22-9-3-1-4-10-22)33-37-31(23-11-5-2-6-12-23)36-32(38-33)26-15-7-13-24(19-26)25-14-8-16-28(35)20-25/h1-21H,35H2. The Hall–Kier alpha value is -4.80. The third-order valence-corrected chi connectivity index (χ3v) is 6.65. The number of benzene rings is 5. The summed E-state index contributed by atoms with van der Waals surface area (Å²) in [5, 5.41) is 0.673. The molecule has 0 bridgehead atoms. The van der Waals surface area contributed by atoms with Crippen LogP contribution in [0.4, 0.5) is 5.69 Å². The maximum Gasteiger partial charge on any atom is 0.164 e. The van der Waals surface area contributed by atoms with Crippen molar-refractivity contribution in [3.05, 3.63) is 132 Å². The maximum atomic E-state index is 6.60. The lowest BCUT2D eigenvalue weighted by Gasteiger charge is -2.11. The number of nitrogens with zero attached hydrogens (tertiary/aromatic N) is 3. The quantitative estimate of drug-likeness (QED) is 0.236. The van der Waals surface area contributed by atoms with Crippen molar-refractivity contribution in [2.45, 2.75) is 0 Å². The molecule has 6 aromatic rings. The number of hydrogen-bond donors (Lipinski definition) is 1. The van der Waals surface area contributed by atoms with Crippen molar-refractivity contribution in [1.82, 2.24) is 15.0 Å². The highest BCUT2D eigenvalue weighted by molar-refractivity contribution is 6.33. The van der Waals surface area contributed by atoms with Gasteiger partial charge in [0.2, 0.25) is 0 Å². The van der Waals surface area contributed by atoms with E-state index < -0.39 is 0 Å². The first-order chi connectivity index (χ1) is 18.6. The van der Waals surface area contributed by atoms with Gasteiger partial charge in [0.05, 0.1) is 0 Å². The summed E-state index contributed by atoms with van der Waals surface area (Å²) in [4.78, 5) is 14.7. The number of aromatic nitrogens is 3. The molecule has 1 heterocycles. The van der Waals surface area contributed by atoms with Crippen LogP contribution in [0.25, 0.3) is 56.4 Å². The fourth-order valence-electron chi connectivity index (χ4n) is 4.41. The zero-order valence-corrected chi connectivity index (χ0v) is 21.2. The number of hydrogen-bond acceptors (Lipinski definition) is 4. The highest BCUT2D eigenvalue weighted by Gasteiger charge is 2.14. The Kier molecular flexibility index (Phi) is 6.39. The Bertz CT molecular complexity index is 1730. The van der Waals surface area contributed by atoms with Gasteiger partial charge >= 0.3 is 0 Å². The SMILES string of the molecule is Nc1cccc(-c2cccc(-c3nc(-c4ccccc4)nc(-c4ccc(Cl)c(-c5ccccc5)c4)n3)c2)c1. The average molecular weight is 511 g/mol. The number of halogens is 1. The van der Waals surface area contributed by atoms with E-state index in [1.165, 1.54) is 0 Å². The van der Waals surface area contributed by atoms with Crippen molar-refractivity contribution in [2.24, 2.45) is 0 Å². The normalized spacial score (nSPS) is 10.9. The average Bonchev–Trinajstić information content (AvgIpc) is 2.98. The molecule has 0 radical (unpaired) electrons. The zero-order chi connectivity index (χ0) is 25.9. The molecular weight excluding hydrogens is 488 g/mol. The summed E-state index contributed by atoms with van der Waals surface area (Å²) in [6.07, 6.45) is 0. The molecule has 0 atom stereocenters. The molecule has 4 nitrogen and oxygen atoms in total. The lowest BCUT2D eigenvalue weighted by molar-refractivity contribution is 1.07. The molecule has 0 fully saturated rings. The Morgan fingerprint density at radius 1 is 0.421 bits per heavy atom. The topological polar surface area (TPSA) is 64.7 Å². The monoisotopic (exact) mass is 510 g/mol. The number of nitrogen functional groups attached to an aromatic ring is 1. The first kappa shape index (κ1) is 23.6. The smallest absolute Gasteiger partial charge is 0.164 e. The molecule has 0 saturated carbocycles. The third-order valence-electron chi connectivity index (χ3n) is 6.32. The fourth-order valence-corrected chi connectivity index (χ4v) is 4.64. The number of anilines is 1. The van der Waals surface area contributed by atoms with Gasteiger partial charge in [-0.05, 0) is 53.1 Å². The summed E-state index contributed by atoms with van der Waals surface area (Å²) < 4.78 is 0. The summed E-state index contributed by atoms with van der Waals surface area (Å²) in [6, 6.07) is 41.9. The summed E-state index contributed by atoms with van der Waals surface area (Å²) in [7, 11) is 0. The van der Waals surface area contributed by atoms with Crippen LogP contribution in [-0.2, 0) is 0 Å². The van der Waals surface area contributed by atoms with Crippen molar-refractivity contribution in [1.29, 1.82) is 0 Å². The van der Waals surface area contributed by atoms with Crippen LogP contribution in [0.1, 0.15) is 0 Å². The van der Waals surface area contributed by atoms with Gasteiger partial charge in [0.1, 0.15) is 0 Å². The van der Waals surface area contributed by atoms with E-state index >= 15 is 0 Å². The van der Waals surface area contributed by atoms with Crippen LogP contribution in [-0.4, -0.2) is 15.0 Å². The predicted octanol–water partition coefficient (Wildman–Crippen LogP) is 8.44. The van der Waals surface area contributed by atoms with Crippen molar-refractivity contribution in [3.63, 3.8) is 0 Å². The van der Waals surface area contributed by atoms with Crippen molar-refractivity contribution in [2.75, 3.05) is 5.73 Å². The molecule has 0 aliphatic heterocycles. The van der Waals surface area contributed by atoms with Crippen LogP contribution in [0.2, 0.25) is 5.02 Å². The largest absolute Gasteiger partial charge is 0.399 e. The van der Waals surface area contributed by atoms with Gasteiger partial charge in [-0.3, -0.25) is 0 Å². The van der Waals surface area contributed by atoms with Gasteiger partial charge in [0.25, 0.3) is 0 Å². The van der Waals surface area contributed by atoms with Crippen LogP contribution in [0.5, 0.6) is 0 Å². The summed E-state index contributed by atoms with van der Waals surface area (Å²) in [6.45, 7) is 0. The summed E-state index contributed by atoms with van der Waals surface area (Å²) in [5.74, 6) is 1.78. The molecule has 38 heavy (non-hydrogen) atoms. The van der Waals surface area contributed by atoms with Crippen LogP contribution < -0.4 is 5.73 Å². The van der Waals surface area contributed by atoms with E-state index in [2.05, 4.69) is 12.1 Å². The van der Waals surface area contributed by atoms with E-state index in [0.29, 0.717) is 22.5 Å². The predicted molar refractivity (Wildman–Crippen MR) is 156 cm³/mol. The molecule has 182 valence electrons. The Morgan fingerprint density at radius 3 is 1.58 bits per heavy atom. The first-order valence-corrected chi connectivity index (χ1v) is 12.6. The van der Waals surface area contributed by atoms with E-state index in [0.717, 1.165) is 44.6 Å². The second-order valence-electron chi connectivity index (χ2n) is 8.94. The molecule has 0 spiro atoms. The number of rotatable bonds is 5. The fraction of sp³-hybridized carbons (Fsp3) is 0. The Morgan fingerprint density at radius 2 is 0.921 bits per heavy atom. The lowest BCUT2D eigenvalue weighted by Crippen LogP contribution is -2.00. The molecule has 0 aliphatic carbocycles. The molecule has 1 aromatic heterocycles. The zero-order valence-electron chi connectivity index (χ0n) is 20.4. The van der Waals surface area contributed by atoms with Crippen molar-refractivity contribution >= 4 is 17.3 Å². The molecule has 2 N–H and O–H groups in total. The Balaban J connectivity index is 1.51. The van der Waals surface area contributed by atoms with Crippen LogP contribution in [0, 0.1) is 0 Å². The summed E-state index contributed by atoms with van der Waals surface area (Å²) >= 11 is 6.60. The molecule has 5 aromatic carbocycles. The third kappa shape index (κ3) is 4.90. The van der Waals surface area contributed by atoms with E-state index in [1.54, 1.807) is 0 Å². The van der Waals surface area contributed by atoms with E-state index in [1.807, 2.05) is 115 Å². The molecule has 6 rings (SSSR count). The first-order valence-electron chi connectivity index (χ1n) is 12.3. The van der Waals surface area contributed by atoms with Gasteiger partial charge in [0, 0.05) is 33.0 Å². The molecule has 0 amide bonds. The van der Waals surface area contributed by atoms with Gasteiger partial charge in [-0.15, -0.1) is 0 Å². The molecule has 0 unspecified atom stereocenters. The van der Waals surface area contributed by atoms with Gasteiger partial charge in [-0.25, -0.2) is 15.0 Å². The van der Waals surface area contributed by atoms with Gasteiger partial charge in [0.15, 0.2) is 17.5 Å². The lowest BCUT2D eigenvalue weighted by atomic mass is 10.0. The maximum absolute atomic E-state index is 6.60. The van der Waals surface area contributed by atoms with Crippen LogP contribution >= 0.6 is 11.6 Å². The molecular formula is C33H23ClN4. The van der Waals surface area contributed by atoms with E-state index in [9.17, 15) is 0 Å².